The average Bonchev–Trinajstić information content (AvgIpc) is 3.21. The van der Waals surface area contributed by atoms with Crippen molar-refractivity contribution in [3.63, 3.8) is 0 Å². The molecule has 1 aromatic carbocycles. The molecule has 2 aromatic rings. The van der Waals surface area contributed by atoms with Crippen LogP contribution >= 0.6 is 27.3 Å². The standard InChI is InChI=1S/C19H21BrN4O2S/c20-17-7-6-16(27-17)12-21-8-10-22(11-9-21)14-24-18(25)13-23(19(24)26)15-4-2-1-3-5-15/h1-7H,8-14H2. The van der Waals surface area contributed by atoms with E-state index in [1.54, 1.807) is 16.2 Å². The summed E-state index contributed by atoms with van der Waals surface area (Å²) in [5.74, 6) is -0.130. The lowest BCUT2D eigenvalue weighted by atomic mass is 10.3. The van der Waals surface area contributed by atoms with Crippen LogP contribution in [0, 0.1) is 0 Å². The molecule has 142 valence electrons. The molecule has 0 N–H and O–H groups in total. The number of urea groups is 1. The van der Waals surface area contributed by atoms with Gasteiger partial charge in [-0.1, -0.05) is 18.2 Å². The molecule has 3 amide bonds. The minimum atomic E-state index is -0.225. The maximum Gasteiger partial charge on any atom is 0.332 e. The van der Waals surface area contributed by atoms with Gasteiger partial charge in [-0.3, -0.25) is 19.5 Å². The molecular formula is C19H21BrN4O2S. The number of carbonyl (C=O) groups is 2. The van der Waals surface area contributed by atoms with Crippen LogP contribution in [0.15, 0.2) is 46.3 Å². The smallest absolute Gasteiger partial charge is 0.296 e. The summed E-state index contributed by atoms with van der Waals surface area (Å²) in [5.41, 5.74) is 0.769. The van der Waals surface area contributed by atoms with Gasteiger partial charge in [0.05, 0.1) is 10.5 Å². The number of benzene rings is 1. The molecule has 2 aliphatic heterocycles. The summed E-state index contributed by atoms with van der Waals surface area (Å²) in [6.07, 6.45) is 0. The van der Waals surface area contributed by atoms with Gasteiger partial charge in [-0.2, -0.15) is 0 Å². The number of para-hydroxylation sites is 1. The van der Waals surface area contributed by atoms with Crippen molar-refractivity contribution >= 4 is 44.9 Å². The molecule has 3 heterocycles. The predicted molar refractivity (Wildman–Crippen MR) is 110 cm³/mol. The van der Waals surface area contributed by atoms with Crippen LogP contribution in [0.2, 0.25) is 0 Å². The van der Waals surface area contributed by atoms with E-state index in [1.165, 1.54) is 9.78 Å². The van der Waals surface area contributed by atoms with Crippen molar-refractivity contribution < 1.29 is 9.59 Å². The first kappa shape index (κ1) is 18.6. The van der Waals surface area contributed by atoms with Crippen LogP contribution in [0.5, 0.6) is 0 Å². The summed E-state index contributed by atoms with van der Waals surface area (Å²) < 4.78 is 1.16. The fourth-order valence-electron chi connectivity index (χ4n) is 3.44. The molecule has 6 nitrogen and oxygen atoms in total. The summed E-state index contributed by atoms with van der Waals surface area (Å²) >= 11 is 5.27. The number of halogens is 1. The molecule has 1 aromatic heterocycles. The first-order valence-electron chi connectivity index (χ1n) is 8.96. The number of hydrogen-bond acceptors (Lipinski definition) is 5. The molecule has 2 fully saturated rings. The van der Waals surface area contributed by atoms with Gasteiger partial charge >= 0.3 is 6.03 Å². The molecule has 0 radical (unpaired) electrons. The summed E-state index contributed by atoms with van der Waals surface area (Å²) in [7, 11) is 0. The second-order valence-corrected chi connectivity index (χ2v) is 9.32. The van der Waals surface area contributed by atoms with Crippen molar-refractivity contribution in [2.24, 2.45) is 0 Å². The average molecular weight is 449 g/mol. The van der Waals surface area contributed by atoms with E-state index in [9.17, 15) is 9.59 Å². The van der Waals surface area contributed by atoms with Gasteiger partial charge in [0.25, 0.3) is 5.91 Å². The highest BCUT2D eigenvalue weighted by Gasteiger charge is 2.38. The lowest BCUT2D eigenvalue weighted by Crippen LogP contribution is -2.51. The van der Waals surface area contributed by atoms with Gasteiger partial charge in [-0.25, -0.2) is 9.69 Å². The Kier molecular flexibility index (Phi) is 5.58. The van der Waals surface area contributed by atoms with E-state index in [1.807, 2.05) is 30.3 Å². The molecule has 4 rings (SSSR count). The molecule has 0 aliphatic carbocycles. The van der Waals surface area contributed by atoms with E-state index in [0.29, 0.717) is 6.67 Å². The number of carbonyl (C=O) groups excluding carboxylic acids is 2. The molecule has 27 heavy (non-hydrogen) atoms. The van der Waals surface area contributed by atoms with Gasteiger partial charge < -0.3 is 0 Å². The van der Waals surface area contributed by atoms with Gasteiger partial charge in [0.2, 0.25) is 0 Å². The van der Waals surface area contributed by atoms with Crippen molar-refractivity contribution in [1.82, 2.24) is 14.7 Å². The van der Waals surface area contributed by atoms with Crippen molar-refractivity contribution in [3.8, 4) is 0 Å². The lowest BCUT2D eigenvalue weighted by molar-refractivity contribution is -0.126. The van der Waals surface area contributed by atoms with E-state index in [4.69, 9.17) is 0 Å². The molecule has 0 spiro atoms. The van der Waals surface area contributed by atoms with Crippen LogP contribution < -0.4 is 4.90 Å². The number of thiophene rings is 1. The third kappa shape index (κ3) is 4.24. The third-order valence-corrected chi connectivity index (χ3v) is 6.55. The Labute approximate surface area is 171 Å². The monoisotopic (exact) mass is 448 g/mol. The molecule has 0 bridgehead atoms. The zero-order valence-electron chi connectivity index (χ0n) is 14.9. The van der Waals surface area contributed by atoms with Crippen LogP contribution in [0.1, 0.15) is 4.88 Å². The summed E-state index contributed by atoms with van der Waals surface area (Å²) in [4.78, 5) is 33.9. The zero-order valence-corrected chi connectivity index (χ0v) is 17.3. The molecule has 2 aliphatic rings. The fraction of sp³-hybridized carbons (Fsp3) is 0.368. The van der Waals surface area contributed by atoms with Crippen molar-refractivity contribution in [2.75, 3.05) is 44.3 Å². The van der Waals surface area contributed by atoms with Gasteiger partial charge in [0, 0.05) is 43.3 Å². The highest BCUT2D eigenvalue weighted by atomic mass is 79.9. The van der Waals surface area contributed by atoms with Crippen molar-refractivity contribution in [1.29, 1.82) is 0 Å². The highest BCUT2D eigenvalue weighted by Crippen LogP contribution is 2.24. The third-order valence-electron chi connectivity index (χ3n) is 4.94. The second kappa shape index (κ2) is 8.10. The summed E-state index contributed by atoms with van der Waals surface area (Å²) in [5, 5.41) is 0. The normalized spacial score (nSPS) is 19.3. The maximum atomic E-state index is 12.7. The van der Waals surface area contributed by atoms with E-state index in [2.05, 4.69) is 37.9 Å². The van der Waals surface area contributed by atoms with Crippen LogP contribution in [-0.2, 0) is 11.3 Å². The number of hydrogen-bond donors (Lipinski definition) is 0. The first-order valence-corrected chi connectivity index (χ1v) is 10.6. The number of amides is 3. The van der Waals surface area contributed by atoms with Crippen LogP contribution in [0.25, 0.3) is 0 Å². The molecule has 8 heteroatoms. The van der Waals surface area contributed by atoms with Crippen molar-refractivity contribution in [3.05, 3.63) is 51.1 Å². The Bertz CT molecular complexity index is 820. The molecule has 2 saturated heterocycles. The van der Waals surface area contributed by atoms with Gasteiger partial charge in [0.1, 0.15) is 6.54 Å². The Morgan fingerprint density at radius 3 is 2.30 bits per heavy atom. The summed E-state index contributed by atoms with van der Waals surface area (Å²) in [6, 6.07) is 13.4. The zero-order chi connectivity index (χ0) is 18.8. The molecular weight excluding hydrogens is 428 g/mol. The predicted octanol–water partition coefficient (Wildman–Crippen LogP) is 3.05. The minimum absolute atomic E-state index is 0.121. The molecule has 0 atom stereocenters. The van der Waals surface area contributed by atoms with Crippen LogP contribution in [0.4, 0.5) is 10.5 Å². The SMILES string of the molecule is O=C1CN(c2ccccc2)C(=O)N1CN1CCN(Cc2ccc(Br)s2)CC1. The molecule has 0 saturated carbocycles. The maximum absolute atomic E-state index is 12.7. The van der Waals surface area contributed by atoms with E-state index in [-0.39, 0.29) is 18.5 Å². The highest BCUT2D eigenvalue weighted by molar-refractivity contribution is 9.11. The molecule has 0 unspecified atom stereocenters. The Balaban J connectivity index is 1.31. The van der Waals surface area contributed by atoms with Gasteiger partial charge in [-0.15, -0.1) is 11.3 Å². The number of imide groups is 1. The largest absolute Gasteiger partial charge is 0.332 e. The van der Waals surface area contributed by atoms with Crippen LogP contribution in [-0.4, -0.2) is 66.0 Å². The number of nitrogens with zero attached hydrogens (tertiary/aromatic N) is 4. The van der Waals surface area contributed by atoms with Crippen molar-refractivity contribution in [2.45, 2.75) is 6.54 Å². The van der Waals surface area contributed by atoms with Gasteiger partial charge in [-0.05, 0) is 40.2 Å². The Hall–Kier alpha value is -1.74. The van der Waals surface area contributed by atoms with E-state index in [0.717, 1.165) is 42.2 Å². The van der Waals surface area contributed by atoms with Crippen LogP contribution in [0.3, 0.4) is 0 Å². The second-order valence-electron chi connectivity index (χ2n) is 6.77. The minimum Gasteiger partial charge on any atom is -0.296 e. The van der Waals surface area contributed by atoms with Gasteiger partial charge in [0.15, 0.2) is 0 Å². The summed E-state index contributed by atoms with van der Waals surface area (Å²) in [6.45, 7) is 5.04. The van der Waals surface area contributed by atoms with E-state index >= 15 is 0 Å². The first-order chi connectivity index (χ1) is 13.1. The lowest BCUT2D eigenvalue weighted by Gasteiger charge is -2.35. The quantitative estimate of drug-likeness (QED) is 0.659. The fourth-order valence-corrected chi connectivity index (χ4v) is 4.96. The Morgan fingerprint density at radius 1 is 0.926 bits per heavy atom. The topological polar surface area (TPSA) is 47.1 Å². The van der Waals surface area contributed by atoms with E-state index < -0.39 is 0 Å². The number of anilines is 1. The Morgan fingerprint density at radius 2 is 1.63 bits per heavy atom. The number of rotatable bonds is 5. The number of piperazine rings is 1.